The third-order valence-electron chi connectivity index (χ3n) is 9.79. The lowest BCUT2D eigenvalue weighted by atomic mass is 9.74. The van der Waals surface area contributed by atoms with Crippen LogP contribution in [0.3, 0.4) is 0 Å². The van der Waals surface area contributed by atoms with Crippen LogP contribution in [-0.2, 0) is 42.5 Å². The minimum Gasteiger partial charge on any atom is -0.457 e. The molecule has 264 valence electrons. The lowest BCUT2D eigenvalue weighted by Crippen LogP contribution is -2.61. The monoisotopic (exact) mass is 671 g/mol. The fraction of sp³-hybridized carbons (Fsp3) is 0.879. The van der Waals surface area contributed by atoms with Crippen LogP contribution in [0, 0.1) is 23.7 Å². The largest absolute Gasteiger partial charge is 0.509 e. The van der Waals surface area contributed by atoms with Crippen molar-refractivity contribution in [2.24, 2.45) is 23.7 Å². The molecule has 0 aromatic heterocycles. The predicted octanol–water partition coefficient (Wildman–Crippen LogP) is 4.11. The molecule has 0 amide bonds. The second-order valence-corrected chi connectivity index (χ2v) is 19.8. The lowest BCUT2D eigenvalue weighted by Gasteiger charge is -2.48. The zero-order valence-electron chi connectivity index (χ0n) is 29.9. The van der Waals surface area contributed by atoms with E-state index in [-0.39, 0.29) is 30.8 Å². The second kappa shape index (κ2) is 14.3. The van der Waals surface area contributed by atoms with Gasteiger partial charge >= 0.3 is 12.1 Å². The van der Waals surface area contributed by atoms with Gasteiger partial charge in [0.1, 0.15) is 23.9 Å². The van der Waals surface area contributed by atoms with Gasteiger partial charge in [-0.05, 0) is 80.7 Å². The number of aliphatic hydroxyl groups is 1. The maximum Gasteiger partial charge on any atom is 0.509 e. The number of Topliss-reactive ketones (excluding diaryl/α,β-unsaturated/α-hetero) is 2. The third-order valence-corrected chi connectivity index (χ3v) is 10.8. The van der Waals surface area contributed by atoms with E-state index < -0.39 is 91.8 Å². The molecule has 3 rings (SSSR count). The first-order chi connectivity index (χ1) is 21.0. The molecule has 3 heterocycles. The Kier molecular flexibility index (Phi) is 12.0. The molecule has 3 fully saturated rings. The van der Waals surface area contributed by atoms with Crippen LogP contribution in [-0.4, -0.2) is 110 Å². The van der Waals surface area contributed by atoms with E-state index in [4.69, 9.17) is 28.1 Å². The van der Waals surface area contributed by atoms with Gasteiger partial charge in [0.05, 0.1) is 23.7 Å². The maximum atomic E-state index is 14.0. The number of hydrogen-bond donors (Lipinski definition) is 1. The molecule has 46 heavy (non-hydrogen) atoms. The molecule has 13 atom stereocenters. The Labute approximate surface area is 275 Å². The summed E-state index contributed by atoms with van der Waals surface area (Å²) in [6, 6.07) is -0.0678. The Bertz CT molecular complexity index is 1140. The van der Waals surface area contributed by atoms with Gasteiger partial charge in [0.15, 0.2) is 32.1 Å². The molecular formula is C33H57NO11Si. The van der Waals surface area contributed by atoms with Gasteiger partial charge in [0.2, 0.25) is 0 Å². The molecule has 3 aliphatic rings. The Morgan fingerprint density at radius 1 is 0.957 bits per heavy atom. The van der Waals surface area contributed by atoms with Gasteiger partial charge in [-0.15, -0.1) is 0 Å². The van der Waals surface area contributed by atoms with Gasteiger partial charge in [-0.3, -0.25) is 14.4 Å². The Morgan fingerprint density at radius 2 is 1.57 bits per heavy atom. The summed E-state index contributed by atoms with van der Waals surface area (Å²) in [6.07, 6.45) is -5.01. The van der Waals surface area contributed by atoms with E-state index in [1.165, 1.54) is 13.8 Å². The summed E-state index contributed by atoms with van der Waals surface area (Å²) in [5.41, 5.74) is -3.20. The average molecular weight is 672 g/mol. The van der Waals surface area contributed by atoms with E-state index in [2.05, 4.69) is 24.5 Å². The molecule has 0 unspecified atom stereocenters. The zero-order chi connectivity index (χ0) is 35.1. The molecule has 0 aromatic carbocycles. The van der Waals surface area contributed by atoms with E-state index >= 15 is 0 Å². The number of hydrogen-bond acceptors (Lipinski definition) is 12. The van der Waals surface area contributed by atoms with Crippen LogP contribution in [0.1, 0.15) is 74.7 Å². The summed E-state index contributed by atoms with van der Waals surface area (Å²) >= 11 is 0. The number of nitrogens with zero attached hydrogens (tertiary/aromatic N) is 1. The molecule has 0 aromatic rings. The van der Waals surface area contributed by atoms with E-state index in [9.17, 15) is 24.3 Å². The highest BCUT2D eigenvalue weighted by atomic mass is 28.4. The number of carbonyl (C=O) groups excluding carboxylic acids is 4. The molecule has 0 aliphatic carbocycles. The number of ketones is 2. The molecule has 13 heteroatoms. The topological polar surface area (TPSA) is 147 Å². The highest BCUT2D eigenvalue weighted by Gasteiger charge is 2.59. The van der Waals surface area contributed by atoms with Gasteiger partial charge < -0.3 is 38.1 Å². The second-order valence-electron chi connectivity index (χ2n) is 15.3. The van der Waals surface area contributed by atoms with Crippen molar-refractivity contribution < 1.29 is 52.4 Å². The van der Waals surface area contributed by atoms with E-state index in [0.717, 1.165) is 0 Å². The first-order valence-electron chi connectivity index (χ1n) is 16.6. The van der Waals surface area contributed by atoms with Crippen molar-refractivity contribution in [1.82, 2.24) is 4.90 Å². The summed E-state index contributed by atoms with van der Waals surface area (Å²) in [4.78, 5) is 55.9. The Balaban J connectivity index is 2.09. The smallest absolute Gasteiger partial charge is 0.457 e. The number of rotatable bonds is 6. The fourth-order valence-electron chi connectivity index (χ4n) is 7.39. The molecular weight excluding hydrogens is 614 g/mol. The molecule has 0 spiro atoms. The first-order valence-corrected chi connectivity index (χ1v) is 20.0. The van der Waals surface area contributed by atoms with Crippen LogP contribution in [0.15, 0.2) is 0 Å². The number of ether oxygens (including phenoxy) is 5. The summed E-state index contributed by atoms with van der Waals surface area (Å²) < 4.78 is 36.5. The van der Waals surface area contributed by atoms with Crippen LogP contribution in [0.25, 0.3) is 0 Å². The molecule has 1 N–H and O–H groups in total. The number of fused-ring (bicyclic) bond motifs is 1. The van der Waals surface area contributed by atoms with Gasteiger partial charge in [-0.25, -0.2) is 4.79 Å². The van der Waals surface area contributed by atoms with Gasteiger partial charge in [0.25, 0.3) is 0 Å². The van der Waals surface area contributed by atoms with Crippen LogP contribution >= 0.6 is 0 Å². The predicted molar refractivity (Wildman–Crippen MR) is 171 cm³/mol. The number of cyclic esters (lactones) is 1. The van der Waals surface area contributed by atoms with Crippen molar-refractivity contribution in [3.63, 3.8) is 0 Å². The van der Waals surface area contributed by atoms with E-state index in [0.29, 0.717) is 6.42 Å². The van der Waals surface area contributed by atoms with Crippen LogP contribution in [0.2, 0.25) is 19.6 Å². The summed E-state index contributed by atoms with van der Waals surface area (Å²) in [6.45, 7) is 19.4. The minimum absolute atomic E-state index is 0.0678. The van der Waals surface area contributed by atoms with Gasteiger partial charge in [-0.2, -0.15) is 0 Å². The molecule has 0 saturated carbocycles. The van der Waals surface area contributed by atoms with Crippen LogP contribution in [0.5, 0.6) is 0 Å². The summed E-state index contributed by atoms with van der Waals surface area (Å²) in [5, 5.41) is 12.2. The van der Waals surface area contributed by atoms with Crippen molar-refractivity contribution in [2.75, 3.05) is 14.1 Å². The number of esters is 1. The average Bonchev–Trinajstić information content (AvgIpc) is 3.26. The fourth-order valence-corrected chi connectivity index (χ4v) is 8.48. The molecule has 0 radical (unpaired) electrons. The molecule has 12 nitrogen and oxygen atoms in total. The van der Waals surface area contributed by atoms with Crippen molar-refractivity contribution in [1.29, 1.82) is 0 Å². The van der Waals surface area contributed by atoms with Crippen molar-refractivity contribution >= 4 is 32.0 Å². The Hall–Kier alpha value is -1.90. The molecule has 0 bridgehead atoms. The first kappa shape index (κ1) is 38.5. The van der Waals surface area contributed by atoms with Crippen LogP contribution in [0.4, 0.5) is 4.79 Å². The van der Waals surface area contributed by atoms with E-state index in [1.54, 1.807) is 34.6 Å². The SMILES string of the molecule is CC[C@H]1OC(=O)[C@H](C)C(=O)[C@H](C)[C@@H](O[C@@H]2O[C@H](C)C[C@H](N(C)C)[C@H]2O[Si](C)(C)C)[C@](C)(O)C[C@@H](C)C(=O)[C@H](C)[C@H]2OC(=O)O[C@@]21C. The van der Waals surface area contributed by atoms with Crippen molar-refractivity contribution in [3.8, 4) is 0 Å². The van der Waals surface area contributed by atoms with E-state index in [1.807, 2.05) is 21.0 Å². The van der Waals surface area contributed by atoms with Crippen molar-refractivity contribution in [3.05, 3.63) is 0 Å². The third kappa shape index (κ3) is 8.20. The standard InChI is InChI=1S/C33H57NO11Si/c1-14-23-33(8)28(43-31(38)44-33)19(4)24(35)17(2)16-32(7,39)27(20(5)25(36)21(6)29(37)41-23)42-30-26(45-46(11,12)13)22(34(9)10)15-18(3)40-30/h17-23,26-28,30,39H,14-16H2,1-13H3/t17-,18-,19+,20+,21-,22+,23-,26-,27-,28-,30+,32-,33-/m1/s1. The van der Waals surface area contributed by atoms with Crippen molar-refractivity contribution in [2.45, 2.75) is 148 Å². The quantitative estimate of drug-likeness (QED) is 0.246. The number of likely N-dealkylation sites (N-methyl/N-ethyl adjacent to an activating group) is 1. The maximum absolute atomic E-state index is 14.0. The molecule has 3 saturated heterocycles. The van der Waals surface area contributed by atoms with Gasteiger partial charge in [0, 0.05) is 17.9 Å². The molecule has 3 aliphatic heterocycles. The van der Waals surface area contributed by atoms with Gasteiger partial charge in [-0.1, -0.05) is 27.7 Å². The minimum atomic E-state index is -2.13. The normalized spacial score (nSPS) is 43.4. The van der Waals surface area contributed by atoms with Crippen LogP contribution < -0.4 is 0 Å². The lowest BCUT2D eigenvalue weighted by molar-refractivity contribution is -0.289. The number of carbonyl (C=O) groups is 4. The highest BCUT2D eigenvalue weighted by Crippen LogP contribution is 2.41. The highest BCUT2D eigenvalue weighted by molar-refractivity contribution is 6.69. The Morgan fingerprint density at radius 3 is 2.11 bits per heavy atom. The summed E-state index contributed by atoms with van der Waals surface area (Å²) in [5.74, 6) is -5.44. The zero-order valence-corrected chi connectivity index (χ0v) is 30.9. The summed E-state index contributed by atoms with van der Waals surface area (Å²) in [7, 11) is 1.80.